The van der Waals surface area contributed by atoms with Crippen molar-refractivity contribution in [3.05, 3.63) is 54.1 Å². The molecule has 0 heterocycles. The van der Waals surface area contributed by atoms with Crippen LogP contribution in [-0.4, -0.2) is 32.0 Å². The van der Waals surface area contributed by atoms with E-state index >= 15 is 0 Å². The summed E-state index contributed by atoms with van der Waals surface area (Å²) in [6.07, 6.45) is 3.71. The summed E-state index contributed by atoms with van der Waals surface area (Å²) in [6.45, 7) is 0. The van der Waals surface area contributed by atoms with Crippen LogP contribution in [0.15, 0.2) is 48.6 Å². The van der Waals surface area contributed by atoms with Crippen molar-refractivity contribution in [2.75, 3.05) is 0 Å². The van der Waals surface area contributed by atoms with Crippen molar-refractivity contribution in [2.45, 2.75) is 11.6 Å². The van der Waals surface area contributed by atoms with E-state index in [1.54, 1.807) is 30.3 Å². The highest BCUT2D eigenvalue weighted by molar-refractivity contribution is 5.74. The van der Waals surface area contributed by atoms with E-state index in [2.05, 4.69) is 0 Å². The fourth-order valence-electron chi connectivity index (χ4n) is 1.62. The number of aliphatic hydroxyl groups is 4. The molecule has 0 bridgehead atoms. The van der Waals surface area contributed by atoms with Gasteiger partial charge in [-0.3, -0.25) is 0 Å². The summed E-state index contributed by atoms with van der Waals surface area (Å²) in [5.74, 6) is -5.41. The molecule has 0 aromatic heterocycles. The summed E-state index contributed by atoms with van der Waals surface area (Å²) < 4.78 is 0. The molecule has 0 amide bonds. The Morgan fingerprint density at radius 1 is 0.875 bits per heavy atom. The van der Waals surface area contributed by atoms with Crippen LogP contribution < -0.4 is 0 Å². The Labute approximate surface area is 92.4 Å². The predicted molar refractivity (Wildman–Crippen MR) is 57.9 cm³/mol. The van der Waals surface area contributed by atoms with Gasteiger partial charge >= 0.3 is 0 Å². The molecule has 0 spiro atoms. The van der Waals surface area contributed by atoms with Crippen LogP contribution in [0.5, 0.6) is 0 Å². The summed E-state index contributed by atoms with van der Waals surface area (Å²) in [7, 11) is 0. The lowest BCUT2D eigenvalue weighted by molar-refractivity contribution is -0.302. The minimum atomic E-state index is -2.72. The van der Waals surface area contributed by atoms with Crippen LogP contribution in [0.2, 0.25) is 0 Å². The quantitative estimate of drug-likeness (QED) is 0.502. The Kier molecular flexibility index (Phi) is 2.44. The topological polar surface area (TPSA) is 80.9 Å². The van der Waals surface area contributed by atoms with Gasteiger partial charge < -0.3 is 20.4 Å². The Morgan fingerprint density at radius 3 is 2.12 bits per heavy atom. The zero-order valence-electron chi connectivity index (χ0n) is 8.41. The molecule has 0 atom stereocenters. The van der Waals surface area contributed by atoms with Gasteiger partial charge in [0, 0.05) is 5.57 Å². The lowest BCUT2D eigenvalue weighted by Gasteiger charge is -2.36. The molecule has 0 saturated carbocycles. The zero-order chi connectivity index (χ0) is 11.8. The number of hydrogen-bond acceptors (Lipinski definition) is 4. The minimum absolute atomic E-state index is 0.0422. The van der Waals surface area contributed by atoms with Crippen LogP contribution >= 0.6 is 0 Å². The lowest BCUT2D eigenvalue weighted by Crippen LogP contribution is -2.54. The second-order valence-corrected chi connectivity index (χ2v) is 3.70. The number of allylic oxidation sites excluding steroid dienone is 2. The molecule has 1 aromatic carbocycles. The van der Waals surface area contributed by atoms with Crippen molar-refractivity contribution in [3.8, 4) is 0 Å². The second-order valence-electron chi connectivity index (χ2n) is 3.70. The van der Waals surface area contributed by atoms with Gasteiger partial charge in [0.05, 0.1) is 0 Å². The third-order valence-corrected chi connectivity index (χ3v) is 2.56. The molecular weight excluding hydrogens is 208 g/mol. The summed E-state index contributed by atoms with van der Waals surface area (Å²) in [6, 6.07) is 8.54. The molecule has 84 valence electrons. The van der Waals surface area contributed by atoms with Crippen LogP contribution in [0.1, 0.15) is 5.56 Å². The summed E-state index contributed by atoms with van der Waals surface area (Å²) >= 11 is 0. The van der Waals surface area contributed by atoms with Gasteiger partial charge in [0.2, 0.25) is 5.79 Å². The maximum Gasteiger partial charge on any atom is 0.250 e. The van der Waals surface area contributed by atoms with Crippen molar-refractivity contribution in [2.24, 2.45) is 0 Å². The first-order valence-electron chi connectivity index (χ1n) is 4.80. The molecule has 1 aliphatic rings. The van der Waals surface area contributed by atoms with E-state index in [-0.39, 0.29) is 5.57 Å². The molecular formula is C12H12O4. The molecule has 4 heteroatoms. The Hall–Kier alpha value is -1.46. The summed E-state index contributed by atoms with van der Waals surface area (Å²) in [4.78, 5) is 0. The molecule has 0 fully saturated rings. The molecule has 0 unspecified atom stereocenters. The first kappa shape index (κ1) is 11.0. The summed E-state index contributed by atoms with van der Waals surface area (Å²) in [5.41, 5.74) is 0.560. The van der Waals surface area contributed by atoms with Crippen molar-refractivity contribution in [3.63, 3.8) is 0 Å². The summed E-state index contributed by atoms with van der Waals surface area (Å²) in [5, 5.41) is 38.4. The second kappa shape index (κ2) is 3.54. The van der Waals surface area contributed by atoms with Crippen LogP contribution in [0.25, 0.3) is 5.57 Å². The molecule has 1 aromatic rings. The van der Waals surface area contributed by atoms with Crippen molar-refractivity contribution in [1.29, 1.82) is 0 Å². The van der Waals surface area contributed by atoms with Gasteiger partial charge in [0.1, 0.15) is 0 Å². The van der Waals surface area contributed by atoms with E-state index < -0.39 is 11.6 Å². The standard InChI is InChI=1S/C12H12O4/c13-11(14)8-4-7-10(12(11,15)16)9-5-2-1-3-6-9/h1-8,13-16H. The monoisotopic (exact) mass is 220 g/mol. The van der Waals surface area contributed by atoms with E-state index in [0.717, 1.165) is 6.08 Å². The van der Waals surface area contributed by atoms with Crippen LogP contribution in [0.4, 0.5) is 0 Å². The largest absolute Gasteiger partial charge is 0.358 e. The maximum atomic E-state index is 9.75. The van der Waals surface area contributed by atoms with Gasteiger partial charge in [-0.25, -0.2) is 0 Å². The average Bonchev–Trinajstić information content (AvgIpc) is 2.23. The van der Waals surface area contributed by atoms with E-state index in [1.807, 2.05) is 0 Å². The lowest BCUT2D eigenvalue weighted by atomic mass is 9.87. The molecule has 16 heavy (non-hydrogen) atoms. The highest BCUT2D eigenvalue weighted by Crippen LogP contribution is 2.36. The molecule has 4 N–H and O–H groups in total. The molecule has 0 saturated heterocycles. The third kappa shape index (κ3) is 1.58. The van der Waals surface area contributed by atoms with E-state index in [9.17, 15) is 20.4 Å². The van der Waals surface area contributed by atoms with Crippen LogP contribution in [0.3, 0.4) is 0 Å². The highest BCUT2D eigenvalue weighted by Gasteiger charge is 2.50. The van der Waals surface area contributed by atoms with E-state index in [1.165, 1.54) is 12.2 Å². The predicted octanol–water partition coefficient (Wildman–Crippen LogP) is 0.00160. The van der Waals surface area contributed by atoms with Crippen molar-refractivity contribution < 1.29 is 20.4 Å². The van der Waals surface area contributed by atoms with Gasteiger partial charge in [0.15, 0.2) is 0 Å². The van der Waals surface area contributed by atoms with Gasteiger partial charge in [-0.15, -0.1) is 0 Å². The molecule has 0 aliphatic heterocycles. The van der Waals surface area contributed by atoms with Crippen molar-refractivity contribution in [1.82, 2.24) is 0 Å². The van der Waals surface area contributed by atoms with Gasteiger partial charge in [0.25, 0.3) is 5.79 Å². The van der Waals surface area contributed by atoms with Gasteiger partial charge in [-0.1, -0.05) is 42.5 Å². The van der Waals surface area contributed by atoms with Crippen LogP contribution in [-0.2, 0) is 0 Å². The minimum Gasteiger partial charge on any atom is -0.358 e. The van der Waals surface area contributed by atoms with Crippen molar-refractivity contribution >= 4 is 5.57 Å². The Morgan fingerprint density at radius 2 is 1.50 bits per heavy atom. The van der Waals surface area contributed by atoms with Crippen LogP contribution in [0, 0.1) is 0 Å². The SMILES string of the molecule is OC1(O)C=CC=C(c2ccccc2)C1(O)O. The Bertz CT molecular complexity index is 443. The van der Waals surface area contributed by atoms with Gasteiger partial charge in [-0.2, -0.15) is 0 Å². The molecule has 4 nitrogen and oxygen atoms in total. The van der Waals surface area contributed by atoms with E-state index in [0.29, 0.717) is 5.56 Å². The third-order valence-electron chi connectivity index (χ3n) is 2.56. The smallest absolute Gasteiger partial charge is 0.250 e. The first-order chi connectivity index (χ1) is 7.45. The molecule has 1 aliphatic carbocycles. The molecule has 2 rings (SSSR count). The fraction of sp³-hybridized carbons (Fsp3) is 0.167. The first-order valence-corrected chi connectivity index (χ1v) is 4.80. The molecule has 0 radical (unpaired) electrons. The maximum absolute atomic E-state index is 9.75. The average molecular weight is 220 g/mol. The van der Waals surface area contributed by atoms with E-state index in [4.69, 9.17) is 0 Å². The number of rotatable bonds is 1. The van der Waals surface area contributed by atoms with Gasteiger partial charge in [-0.05, 0) is 11.6 Å². The number of hydrogen-bond donors (Lipinski definition) is 4. The highest BCUT2D eigenvalue weighted by atomic mass is 16.6. The Balaban J connectivity index is 2.51. The fourth-order valence-corrected chi connectivity index (χ4v) is 1.62. The zero-order valence-corrected chi connectivity index (χ0v) is 8.41. The normalized spacial score (nSPS) is 21.6. The number of benzene rings is 1.